The van der Waals surface area contributed by atoms with Crippen LogP contribution in [0, 0.1) is 0 Å². The van der Waals surface area contributed by atoms with Gasteiger partial charge in [0.2, 0.25) is 15.8 Å². The molecule has 0 radical (unpaired) electrons. The number of hydrogen-bond acceptors (Lipinski definition) is 5. The van der Waals surface area contributed by atoms with Gasteiger partial charge in [0.05, 0.1) is 6.26 Å². The standard InChI is InChI=1S/C14H16F3N3O3S/c1-9(2)20(24(3,21)22)8-10-4-6-11(7-5-10)12-18-13(23-19-12)14(15,16)17/h4-7,9H,8H2,1-3H3. The molecule has 0 aliphatic rings. The third kappa shape index (κ3) is 4.32. The molecule has 6 nitrogen and oxygen atoms in total. The lowest BCUT2D eigenvalue weighted by Gasteiger charge is -2.24. The minimum Gasteiger partial charge on any atom is -0.329 e. The summed E-state index contributed by atoms with van der Waals surface area (Å²) in [6.07, 6.45) is -3.57. The van der Waals surface area contributed by atoms with E-state index in [4.69, 9.17) is 0 Å². The van der Waals surface area contributed by atoms with Gasteiger partial charge in [-0.1, -0.05) is 29.4 Å². The summed E-state index contributed by atoms with van der Waals surface area (Å²) in [5.41, 5.74) is 1.03. The predicted octanol–water partition coefficient (Wildman–Crippen LogP) is 2.93. The van der Waals surface area contributed by atoms with Gasteiger partial charge in [0.25, 0.3) is 0 Å². The molecule has 0 fully saturated rings. The van der Waals surface area contributed by atoms with Crippen LogP contribution in [0.5, 0.6) is 0 Å². The molecule has 2 aromatic rings. The van der Waals surface area contributed by atoms with E-state index in [0.29, 0.717) is 11.1 Å². The number of nitrogens with zero attached hydrogens (tertiary/aromatic N) is 3. The predicted molar refractivity (Wildman–Crippen MR) is 80.3 cm³/mol. The largest absolute Gasteiger partial charge is 0.471 e. The molecule has 0 bridgehead atoms. The Balaban J connectivity index is 2.20. The number of aromatic nitrogens is 2. The summed E-state index contributed by atoms with van der Waals surface area (Å²) in [7, 11) is -3.37. The second-order valence-electron chi connectivity index (χ2n) is 5.52. The molecule has 0 amide bonds. The van der Waals surface area contributed by atoms with Gasteiger partial charge in [-0.2, -0.15) is 22.5 Å². The van der Waals surface area contributed by atoms with Gasteiger partial charge in [-0.3, -0.25) is 0 Å². The molecule has 0 aliphatic carbocycles. The van der Waals surface area contributed by atoms with Gasteiger partial charge in [-0.15, -0.1) is 0 Å². The van der Waals surface area contributed by atoms with Crippen LogP contribution in [0.1, 0.15) is 25.3 Å². The summed E-state index contributed by atoms with van der Waals surface area (Å²) in [6.45, 7) is 3.68. The van der Waals surface area contributed by atoms with Crippen molar-refractivity contribution in [1.29, 1.82) is 0 Å². The lowest BCUT2D eigenvalue weighted by atomic mass is 10.1. The van der Waals surface area contributed by atoms with E-state index < -0.39 is 22.1 Å². The van der Waals surface area contributed by atoms with Gasteiger partial charge in [0.15, 0.2) is 0 Å². The summed E-state index contributed by atoms with van der Waals surface area (Å²) >= 11 is 0. The highest BCUT2D eigenvalue weighted by atomic mass is 32.2. The average Bonchev–Trinajstić information content (AvgIpc) is 2.93. The number of rotatable bonds is 5. The molecule has 1 aromatic carbocycles. The maximum absolute atomic E-state index is 12.5. The molecule has 1 heterocycles. The van der Waals surface area contributed by atoms with Gasteiger partial charge < -0.3 is 4.52 Å². The molecular formula is C14H16F3N3O3S. The third-order valence-corrected chi connectivity index (χ3v) is 4.62. The molecule has 0 spiro atoms. The van der Waals surface area contributed by atoms with Crippen LogP contribution >= 0.6 is 0 Å². The topological polar surface area (TPSA) is 76.3 Å². The molecule has 132 valence electrons. The van der Waals surface area contributed by atoms with Crippen LogP contribution in [-0.4, -0.2) is 35.2 Å². The van der Waals surface area contributed by atoms with Gasteiger partial charge >= 0.3 is 12.1 Å². The molecule has 24 heavy (non-hydrogen) atoms. The van der Waals surface area contributed by atoms with Crippen LogP contribution in [0.2, 0.25) is 0 Å². The maximum Gasteiger partial charge on any atom is 0.471 e. The monoisotopic (exact) mass is 363 g/mol. The van der Waals surface area contributed by atoms with Crippen molar-refractivity contribution < 1.29 is 26.1 Å². The first-order valence-electron chi connectivity index (χ1n) is 6.95. The molecule has 0 aliphatic heterocycles. The van der Waals surface area contributed by atoms with Crippen LogP contribution in [0.25, 0.3) is 11.4 Å². The van der Waals surface area contributed by atoms with Crippen LogP contribution in [0.3, 0.4) is 0 Å². The first kappa shape index (κ1) is 18.4. The lowest BCUT2D eigenvalue weighted by Crippen LogP contribution is -2.35. The number of alkyl halides is 3. The van der Waals surface area contributed by atoms with Crippen molar-refractivity contribution in [3.8, 4) is 11.4 Å². The molecule has 0 N–H and O–H groups in total. The molecule has 2 rings (SSSR count). The maximum atomic E-state index is 12.5. The fourth-order valence-electron chi connectivity index (χ4n) is 2.08. The summed E-state index contributed by atoms with van der Waals surface area (Å²) in [4.78, 5) is 3.30. The second-order valence-corrected chi connectivity index (χ2v) is 7.45. The molecular weight excluding hydrogens is 347 g/mol. The van der Waals surface area contributed by atoms with Gasteiger partial charge in [-0.05, 0) is 19.4 Å². The fraction of sp³-hybridized carbons (Fsp3) is 0.429. The van der Waals surface area contributed by atoms with E-state index in [2.05, 4.69) is 14.7 Å². The minimum atomic E-state index is -4.70. The molecule has 0 saturated heterocycles. The first-order valence-corrected chi connectivity index (χ1v) is 8.80. The van der Waals surface area contributed by atoms with E-state index in [-0.39, 0.29) is 18.4 Å². The van der Waals surface area contributed by atoms with E-state index >= 15 is 0 Å². The van der Waals surface area contributed by atoms with Crippen molar-refractivity contribution in [2.24, 2.45) is 0 Å². The van der Waals surface area contributed by atoms with Crippen molar-refractivity contribution >= 4 is 10.0 Å². The zero-order chi connectivity index (χ0) is 18.1. The Morgan fingerprint density at radius 1 is 1.21 bits per heavy atom. The summed E-state index contributed by atoms with van der Waals surface area (Å²) in [6, 6.07) is 6.03. The fourth-order valence-corrected chi connectivity index (χ4v) is 3.23. The summed E-state index contributed by atoms with van der Waals surface area (Å²) in [5.74, 6) is -1.60. The molecule has 10 heteroatoms. The number of benzene rings is 1. The zero-order valence-electron chi connectivity index (χ0n) is 13.2. The van der Waals surface area contributed by atoms with E-state index in [1.54, 1.807) is 26.0 Å². The van der Waals surface area contributed by atoms with E-state index in [1.807, 2.05) is 0 Å². The zero-order valence-corrected chi connectivity index (χ0v) is 14.0. The number of hydrogen-bond donors (Lipinski definition) is 0. The van der Waals surface area contributed by atoms with Crippen LogP contribution in [0.15, 0.2) is 28.8 Å². The third-order valence-electron chi connectivity index (χ3n) is 3.22. The number of halogens is 3. The van der Waals surface area contributed by atoms with Gasteiger partial charge in [-0.25, -0.2) is 8.42 Å². The SMILES string of the molecule is CC(C)N(Cc1ccc(-c2noc(C(F)(F)F)n2)cc1)S(C)(=O)=O. The van der Waals surface area contributed by atoms with Gasteiger partial charge in [0.1, 0.15) is 0 Å². The molecule has 0 saturated carbocycles. The Labute approximate surface area is 137 Å². The quantitative estimate of drug-likeness (QED) is 0.816. The lowest BCUT2D eigenvalue weighted by molar-refractivity contribution is -0.159. The van der Waals surface area contributed by atoms with Crippen molar-refractivity contribution in [2.45, 2.75) is 32.6 Å². The number of sulfonamides is 1. The minimum absolute atomic E-state index is 0.164. The second kappa shape index (κ2) is 6.52. The van der Waals surface area contributed by atoms with Crippen LogP contribution in [-0.2, 0) is 22.7 Å². The van der Waals surface area contributed by atoms with Crippen molar-refractivity contribution in [1.82, 2.24) is 14.4 Å². The van der Waals surface area contributed by atoms with E-state index in [1.165, 1.54) is 16.4 Å². The first-order chi connectivity index (χ1) is 11.0. The average molecular weight is 363 g/mol. The smallest absolute Gasteiger partial charge is 0.329 e. The molecule has 1 aromatic heterocycles. The summed E-state index contributed by atoms with van der Waals surface area (Å²) < 4.78 is 66.4. The van der Waals surface area contributed by atoms with Crippen molar-refractivity contribution in [3.05, 3.63) is 35.7 Å². The van der Waals surface area contributed by atoms with Crippen molar-refractivity contribution in [3.63, 3.8) is 0 Å². The highest BCUT2D eigenvalue weighted by Gasteiger charge is 2.38. The van der Waals surface area contributed by atoms with E-state index in [0.717, 1.165) is 6.26 Å². The van der Waals surface area contributed by atoms with Crippen LogP contribution < -0.4 is 0 Å². The molecule has 0 unspecified atom stereocenters. The Morgan fingerprint density at radius 2 is 1.79 bits per heavy atom. The Bertz CT molecular complexity index is 799. The van der Waals surface area contributed by atoms with Gasteiger partial charge in [0, 0.05) is 18.2 Å². The Hall–Kier alpha value is -1.94. The van der Waals surface area contributed by atoms with Crippen molar-refractivity contribution in [2.75, 3.05) is 6.26 Å². The Morgan fingerprint density at radius 3 is 2.21 bits per heavy atom. The highest BCUT2D eigenvalue weighted by molar-refractivity contribution is 7.88. The highest BCUT2D eigenvalue weighted by Crippen LogP contribution is 2.29. The summed E-state index contributed by atoms with van der Waals surface area (Å²) in [5, 5.41) is 3.30. The Kier molecular flexibility index (Phi) is 5.00. The van der Waals surface area contributed by atoms with E-state index in [9.17, 15) is 21.6 Å². The normalized spacial score (nSPS) is 13.0. The van der Waals surface area contributed by atoms with Crippen LogP contribution in [0.4, 0.5) is 13.2 Å². The molecule has 0 atom stereocenters.